The first-order valence-corrected chi connectivity index (χ1v) is 9.59. The topological polar surface area (TPSA) is 161 Å². The number of carbonyl (C=O) groups excluding carboxylic acids is 3. The van der Waals surface area contributed by atoms with E-state index in [9.17, 15) is 24.5 Å². The predicted molar refractivity (Wildman–Crippen MR) is 105 cm³/mol. The molecule has 2 heterocycles. The number of nitrogens with zero attached hydrogens (tertiary/aromatic N) is 5. The number of nitro benzene ring substituents is 1. The first-order chi connectivity index (χ1) is 14.2. The second-order valence-corrected chi connectivity index (χ2v) is 7.22. The van der Waals surface area contributed by atoms with Crippen LogP contribution in [0.3, 0.4) is 0 Å². The molecule has 0 fully saturated rings. The highest BCUT2D eigenvalue weighted by Gasteiger charge is 2.34. The average Bonchev–Trinajstić information content (AvgIpc) is 3.16. The lowest BCUT2D eigenvalue weighted by atomic mass is 9.97. The number of hydrogen-bond acceptors (Lipinski definition) is 9. The number of nitro groups is 1. The van der Waals surface area contributed by atoms with Gasteiger partial charge in [0.25, 0.3) is 10.9 Å². The molecule has 1 unspecified atom stereocenters. The molecule has 1 N–H and O–H groups in total. The molecule has 13 heteroatoms. The molecule has 1 aromatic heterocycles. The summed E-state index contributed by atoms with van der Waals surface area (Å²) in [6.07, 6.45) is 0.0916. The molecule has 1 aliphatic heterocycles. The lowest BCUT2D eigenvalue weighted by Crippen LogP contribution is -2.44. The van der Waals surface area contributed by atoms with E-state index in [0.717, 1.165) is 16.7 Å². The van der Waals surface area contributed by atoms with E-state index in [-0.39, 0.29) is 34.9 Å². The monoisotopic (exact) mass is 432 g/mol. The van der Waals surface area contributed by atoms with Crippen molar-refractivity contribution in [1.82, 2.24) is 15.1 Å². The molecule has 4 amide bonds. The fraction of sp³-hybridized carbons (Fsp3) is 0.294. The Morgan fingerprint density at radius 2 is 2.00 bits per heavy atom. The highest BCUT2D eigenvalue weighted by atomic mass is 32.2. The quantitative estimate of drug-likeness (QED) is 0.391. The maximum Gasteiger partial charge on any atom is 0.349 e. The maximum atomic E-state index is 12.2. The third-order valence-electron chi connectivity index (χ3n) is 4.21. The van der Waals surface area contributed by atoms with Crippen LogP contribution in [0, 0.1) is 16.0 Å². The minimum atomic E-state index is -0.670. The number of benzene rings is 1. The van der Waals surface area contributed by atoms with Gasteiger partial charge in [-0.25, -0.2) is 9.79 Å². The Morgan fingerprint density at radius 1 is 1.30 bits per heavy atom. The third kappa shape index (κ3) is 4.86. The molecule has 156 valence electrons. The van der Waals surface area contributed by atoms with Gasteiger partial charge in [-0.15, -0.1) is 10.2 Å². The van der Waals surface area contributed by atoms with Crippen LogP contribution in [0.15, 0.2) is 38.9 Å². The molecule has 0 bridgehead atoms. The van der Waals surface area contributed by atoms with Gasteiger partial charge in [0.05, 0.1) is 16.6 Å². The summed E-state index contributed by atoms with van der Waals surface area (Å²) in [4.78, 5) is 50.7. The number of imide groups is 1. The fourth-order valence-corrected chi connectivity index (χ4v) is 3.17. The van der Waals surface area contributed by atoms with Crippen LogP contribution in [-0.4, -0.2) is 56.4 Å². The SMILES string of the molecule is CC1=NC(=O)N(C)C(=O)C1Cc1nnc(SCC(=O)Nc2ccc([N+](=O)[O-])cc2)o1. The number of carbonyl (C=O) groups is 3. The van der Waals surface area contributed by atoms with Gasteiger partial charge in [-0.05, 0) is 19.1 Å². The summed E-state index contributed by atoms with van der Waals surface area (Å²) in [6.45, 7) is 1.59. The van der Waals surface area contributed by atoms with Crippen LogP contribution >= 0.6 is 11.8 Å². The average molecular weight is 432 g/mol. The summed E-state index contributed by atoms with van der Waals surface area (Å²) in [5.74, 6) is -1.28. The van der Waals surface area contributed by atoms with Crippen molar-refractivity contribution in [3.8, 4) is 0 Å². The van der Waals surface area contributed by atoms with Crippen molar-refractivity contribution in [2.75, 3.05) is 18.1 Å². The first-order valence-electron chi connectivity index (χ1n) is 8.61. The molecule has 12 nitrogen and oxygen atoms in total. The van der Waals surface area contributed by atoms with Crippen LogP contribution in [0.25, 0.3) is 0 Å². The number of anilines is 1. The van der Waals surface area contributed by atoms with Gasteiger partial charge < -0.3 is 9.73 Å². The number of aliphatic imine (C=N–C) groups is 1. The number of aromatic nitrogens is 2. The zero-order valence-electron chi connectivity index (χ0n) is 15.9. The van der Waals surface area contributed by atoms with Crippen LogP contribution in [0.5, 0.6) is 0 Å². The molecular weight excluding hydrogens is 416 g/mol. The molecule has 2 aromatic rings. The van der Waals surface area contributed by atoms with Gasteiger partial charge in [0, 0.05) is 37.0 Å². The number of hydrogen-bond donors (Lipinski definition) is 1. The first kappa shape index (κ1) is 21.1. The summed E-state index contributed by atoms with van der Waals surface area (Å²) in [7, 11) is 1.35. The number of nitrogens with one attached hydrogen (secondary N) is 1. The van der Waals surface area contributed by atoms with Crippen LogP contribution in [0.4, 0.5) is 16.2 Å². The molecule has 3 rings (SSSR count). The zero-order chi connectivity index (χ0) is 21.8. The van der Waals surface area contributed by atoms with Crippen molar-refractivity contribution < 1.29 is 23.7 Å². The van der Waals surface area contributed by atoms with Gasteiger partial charge in [0.1, 0.15) is 0 Å². The van der Waals surface area contributed by atoms with E-state index in [0.29, 0.717) is 11.4 Å². The predicted octanol–water partition coefficient (Wildman–Crippen LogP) is 1.92. The number of amides is 4. The molecule has 0 radical (unpaired) electrons. The second-order valence-electron chi connectivity index (χ2n) is 6.29. The summed E-state index contributed by atoms with van der Waals surface area (Å²) in [5.41, 5.74) is 0.715. The van der Waals surface area contributed by atoms with Gasteiger partial charge >= 0.3 is 6.03 Å². The van der Waals surface area contributed by atoms with Crippen molar-refractivity contribution >= 4 is 46.7 Å². The molecule has 30 heavy (non-hydrogen) atoms. The lowest BCUT2D eigenvalue weighted by Gasteiger charge is -2.24. The highest BCUT2D eigenvalue weighted by molar-refractivity contribution is 7.99. The van der Waals surface area contributed by atoms with Crippen molar-refractivity contribution in [3.05, 3.63) is 40.3 Å². The minimum Gasteiger partial charge on any atom is -0.416 e. The van der Waals surface area contributed by atoms with E-state index in [2.05, 4.69) is 20.5 Å². The molecule has 0 aliphatic carbocycles. The highest BCUT2D eigenvalue weighted by Crippen LogP contribution is 2.22. The molecule has 0 saturated heterocycles. The summed E-state index contributed by atoms with van der Waals surface area (Å²) >= 11 is 1.00. The smallest absolute Gasteiger partial charge is 0.349 e. The van der Waals surface area contributed by atoms with E-state index in [1.165, 1.54) is 31.3 Å². The third-order valence-corrected chi connectivity index (χ3v) is 5.03. The van der Waals surface area contributed by atoms with E-state index in [1.54, 1.807) is 6.92 Å². The second kappa shape index (κ2) is 8.82. The Balaban J connectivity index is 1.53. The van der Waals surface area contributed by atoms with Crippen LogP contribution in [0.2, 0.25) is 0 Å². The van der Waals surface area contributed by atoms with E-state index >= 15 is 0 Å². The Morgan fingerprint density at radius 3 is 2.67 bits per heavy atom. The molecular formula is C17H16N6O6S. The summed E-state index contributed by atoms with van der Waals surface area (Å²) < 4.78 is 5.46. The standard InChI is InChI=1S/C17H16N6O6S/c1-9-12(15(25)22(2)16(26)18-9)7-14-20-21-17(29-14)30-8-13(24)19-10-3-5-11(6-4-10)23(27)28/h3-6,12H,7-8H2,1-2H3,(H,19,24). The minimum absolute atomic E-state index is 0.0291. The van der Waals surface area contributed by atoms with Gasteiger partial charge in [-0.3, -0.25) is 24.6 Å². The summed E-state index contributed by atoms with van der Waals surface area (Å²) in [6, 6.07) is 4.82. The molecule has 1 aliphatic rings. The largest absolute Gasteiger partial charge is 0.416 e. The Bertz CT molecular complexity index is 1030. The van der Waals surface area contributed by atoms with Crippen LogP contribution in [-0.2, 0) is 16.0 Å². The Hall–Kier alpha value is -3.61. The van der Waals surface area contributed by atoms with Gasteiger partial charge in [-0.2, -0.15) is 0 Å². The maximum absolute atomic E-state index is 12.2. The fourth-order valence-electron chi connectivity index (χ4n) is 2.59. The molecule has 1 atom stereocenters. The lowest BCUT2D eigenvalue weighted by molar-refractivity contribution is -0.384. The van der Waals surface area contributed by atoms with Gasteiger partial charge in [-0.1, -0.05) is 11.8 Å². The molecule has 0 saturated carbocycles. The zero-order valence-corrected chi connectivity index (χ0v) is 16.7. The van der Waals surface area contributed by atoms with Crippen molar-refractivity contribution in [2.24, 2.45) is 10.9 Å². The number of thioether (sulfide) groups is 1. The Kier molecular flexibility index (Phi) is 6.20. The van der Waals surface area contributed by atoms with Crippen LogP contribution < -0.4 is 5.32 Å². The van der Waals surface area contributed by atoms with E-state index < -0.39 is 22.8 Å². The van der Waals surface area contributed by atoms with Crippen molar-refractivity contribution in [3.63, 3.8) is 0 Å². The van der Waals surface area contributed by atoms with Gasteiger partial charge in [0.2, 0.25) is 17.7 Å². The molecule has 1 aromatic carbocycles. The van der Waals surface area contributed by atoms with Crippen LogP contribution in [0.1, 0.15) is 12.8 Å². The number of non-ortho nitro benzene ring substituents is 1. The van der Waals surface area contributed by atoms with Gasteiger partial charge in [0.15, 0.2) is 0 Å². The number of rotatable bonds is 7. The summed E-state index contributed by atoms with van der Waals surface area (Å²) in [5, 5.41) is 21.1. The van der Waals surface area contributed by atoms with E-state index in [1.807, 2.05) is 0 Å². The Labute approximate surface area is 173 Å². The number of urea groups is 1. The van der Waals surface area contributed by atoms with E-state index in [4.69, 9.17) is 4.42 Å². The van der Waals surface area contributed by atoms with Crippen molar-refractivity contribution in [2.45, 2.75) is 18.6 Å². The normalized spacial score (nSPS) is 16.4. The van der Waals surface area contributed by atoms with Crippen molar-refractivity contribution in [1.29, 1.82) is 0 Å². The molecule has 0 spiro atoms.